The Hall–Kier alpha value is -4.84. The molecule has 6 heteroatoms. The van der Waals surface area contributed by atoms with Crippen LogP contribution < -0.4 is 14.9 Å². The Balaban J connectivity index is 1.44. The number of aryl methyl sites for hydroxylation is 1. The van der Waals surface area contributed by atoms with Crippen LogP contribution in [0.25, 0.3) is 33.3 Å². The van der Waals surface area contributed by atoms with E-state index in [1.165, 1.54) is 0 Å². The number of rotatable bonds is 9. The smallest absolute Gasteiger partial charge is 0.241 e. The highest BCUT2D eigenvalue weighted by atomic mass is 16.5. The van der Waals surface area contributed by atoms with Gasteiger partial charge in [-0.15, -0.1) is 0 Å². The maximum atomic E-state index is 12.9. The SMILES string of the molecule is COc1ccc(OC)c(/C=N\NC(=O)CCn2c(-c3ccccc3)c(-c3ccccc3)c3ccccc32)c1. The van der Waals surface area contributed by atoms with Crippen molar-refractivity contribution in [3.8, 4) is 33.9 Å². The standard InChI is InChI=1S/C32H29N3O3/c1-37-26-17-18-29(38-2)25(21-26)22-33-34-30(36)19-20-35-28-16-10-9-15-27(28)31(23-11-5-3-6-12-23)32(35)24-13-7-4-8-14-24/h3-18,21-22H,19-20H2,1-2H3,(H,34,36)/b33-22-. The molecule has 0 saturated heterocycles. The predicted molar refractivity (Wildman–Crippen MR) is 153 cm³/mol. The van der Waals surface area contributed by atoms with E-state index in [2.05, 4.69) is 69.7 Å². The van der Waals surface area contributed by atoms with Gasteiger partial charge in [-0.1, -0.05) is 78.9 Å². The summed E-state index contributed by atoms with van der Waals surface area (Å²) in [4.78, 5) is 12.9. The first kappa shape index (κ1) is 24.8. The molecule has 5 aromatic rings. The molecule has 1 N–H and O–H groups in total. The second kappa shape index (κ2) is 11.5. The van der Waals surface area contributed by atoms with Crippen LogP contribution in [0.4, 0.5) is 0 Å². The second-order valence-corrected chi connectivity index (χ2v) is 8.78. The van der Waals surface area contributed by atoms with Crippen molar-refractivity contribution < 1.29 is 14.3 Å². The van der Waals surface area contributed by atoms with E-state index in [4.69, 9.17) is 9.47 Å². The maximum Gasteiger partial charge on any atom is 0.241 e. The summed E-state index contributed by atoms with van der Waals surface area (Å²) >= 11 is 0. The second-order valence-electron chi connectivity index (χ2n) is 8.78. The largest absolute Gasteiger partial charge is 0.497 e. The number of para-hydroxylation sites is 1. The fraction of sp³-hybridized carbons (Fsp3) is 0.125. The van der Waals surface area contributed by atoms with Crippen LogP contribution in [0.2, 0.25) is 0 Å². The van der Waals surface area contributed by atoms with Crippen LogP contribution in [-0.4, -0.2) is 30.9 Å². The van der Waals surface area contributed by atoms with Gasteiger partial charge in [0.2, 0.25) is 5.91 Å². The highest BCUT2D eigenvalue weighted by Gasteiger charge is 2.20. The Morgan fingerprint density at radius 2 is 1.53 bits per heavy atom. The number of amides is 1. The van der Waals surface area contributed by atoms with Gasteiger partial charge < -0.3 is 14.0 Å². The number of hydrogen-bond donors (Lipinski definition) is 1. The fourth-order valence-electron chi connectivity index (χ4n) is 4.71. The highest BCUT2D eigenvalue weighted by Crippen LogP contribution is 2.41. The summed E-state index contributed by atoms with van der Waals surface area (Å²) in [5, 5.41) is 5.32. The number of carbonyl (C=O) groups is 1. The van der Waals surface area contributed by atoms with Gasteiger partial charge in [0.25, 0.3) is 0 Å². The Morgan fingerprint density at radius 3 is 2.24 bits per heavy atom. The number of fused-ring (bicyclic) bond motifs is 1. The summed E-state index contributed by atoms with van der Waals surface area (Å²) in [6.07, 6.45) is 1.83. The van der Waals surface area contributed by atoms with Crippen molar-refractivity contribution in [2.24, 2.45) is 5.10 Å². The van der Waals surface area contributed by atoms with Crippen molar-refractivity contribution in [3.05, 3.63) is 109 Å². The minimum absolute atomic E-state index is 0.179. The van der Waals surface area contributed by atoms with Gasteiger partial charge >= 0.3 is 0 Å². The number of carbonyl (C=O) groups excluding carboxylic acids is 1. The summed E-state index contributed by atoms with van der Waals surface area (Å²) < 4.78 is 12.9. The van der Waals surface area contributed by atoms with Gasteiger partial charge in [0, 0.05) is 35.0 Å². The number of ether oxygens (including phenoxy) is 2. The predicted octanol–water partition coefficient (Wildman–Crippen LogP) is 6.53. The minimum atomic E-state index is -0.179. The molecule has 0 bridgehead atoms. The van der Waals surface area contributed by atoms with E-state index < -0.39 is 0 Å². The van der Waals surface area contributed by atoms with Crippen LogP contribution in [0.15, 0.2) is 108 Å². The summed E-state index contributed by atoms with van der Waals surface area (Å²) in [5.41, 5.74) is 8.95. The van der Waals surface area contributed by atoms with E-state index in [0.29, 0.717) is 23.6 Å². The van der Waals surface area contributed by atoms with Crippen molar-refractivity contribution in [2.45, 2.75) is 13.0 Å². The maximum absolute atomic E-state index is 12.9. The van der Waals surface area contributed by atoms with E-state index in [1.54, 1.807) is 32.6 Å². The molecule has 4 aromatic carbocycles. The van der Waals surface area contributed by atoms with Crippen LogP contribution in [0, 0.1) is 0 Å². The quantitative estimate of drug-likeness (QED) is 0.184. The Morgan fingerprint density at radius 1 is 0.842 bits per heavy atom. The molecule has 1 aromatic heterocycles. The summed E-state index contributed by atoms with van der Waals surface area (Å²) in [6, 6.07) is 34.5. The molecule has 38 heavy (non-hydrogen) atoms. The molecule has 6 nitrogen and oxygen atoms in total. The molecule has 1 heterocycles. The zero-order valence-corrected chi connectivity index (χ0v) is 21.4. The first-order valence-electron chi connectivity index (χ1n) is 12.5. The lowest BCUT2D eigenvalue weighted by atomic mass is 9.98. The Bertz CT molecular complexity index is 1570. The molecule has 0 aliphatic carbocycles. The molecule has 0 fully saturated rings. The van der Waals surface area contributed by atoms with Gasteiger partial charge in [-0.05, 0) is 35.4 Å². The number of nitrogens with one attached hydrogen (secondary N) is 1. The highest BCUT2D eigenvalue weighted by molar-refractivity contribution is 6.04. The number of benzene rings is 4. The normalized spacial score (nSPS) is 11.1. The number of hydrogen-bond acceptors (Lipinski definition) is 4. The number of nitrogens with zero attached hydrogens (tertiary/aromatic N) is 2. The lowest BCUT2D eigenvalue weighted by Crippen LogP contribution is -2.19. The average molecular weight is 504 g/mol. The Labute approximate surface area is 222 Å². The number of hydrazone groups is 1. The topological polar surface area (TPSA) is 64.8 Å². The molecule has 0 aliphatic heterocycles. The van der Waals surface area contributed by atoms with Crippen LogP contribution >= 0.6 is 0 Å². The number of methoxy groups -OCH3 is 2. The molecule has 190 valence electrons. The van der Waals surface area contributed by atoms with E-state index in [1.807, 2.05) is 36.4 Å². The van der Waals surface area contributed by atoms with Gasteiger partial charge in [0.15, 0.2) is 0 Å². The minimum Gasteiger partial charge on any atom is -0.497 e. The van der Waals surface area contributed by atoms with Crippen molar-refractivity contribution in [1.82, 2.24) is 9.99 Å². The molecule has 0 aliphatic rings. The Kier molecular flexibility index (Phi) is 7.50. The molecule has 0 atom stereocenters. The lowest BCUT2D eigenvalue weighted by Gasteiger charge is -2.13. The van der Waals surface area contributed by atoms with Gasteiger partial charge in [-0.2, -0.15) is 5.10 Å². The van der Waals surface area contributed by atoms with E-state index in [9.17, 15) is 4.79 Å². The first-order chi connectivity index (χ1) is 18.7. The van der Waals surface area contributed by atoms with Crippen LogP contribution in [0.1, 0.15) is 12.0 Å². The van der Waals surface area contributed by atoms with E-state index >= 15 is 0 Å². The monoisotopic (exact) mass is 503 g/mol. The van der Waals surface area contributed by atoms with Gasteiger partial charge in [0.05, 0.1) is 26.1 Å². The first-order valence-corrected chi connectivity index (χ1v) is 12.5. The zero-order valence-electron chi connectivity index (χ0n) is 21.4. The van der Waals surface area contributed by atoms with Gasteiger partial charge in [-0.3, -0.25) is 4.79 Å². The summed E-state index contributed by atoms with van der Waals surface area (Å²) in [5.74, 6) is 1.14. The third-order valence-corrected chi connectivity index (χ3v) is 6.47. The van der Waals surface area contributed by atoms with E-state index in [0.717, 1.165) is 33.3 Å². The molecule has 0 saturated carbocycles. The average Bonchev–Trinajstić information content (AvgIpc) is 3.31. The fourth-order valence-corrected chi connectivity index (χ4v) is 4.71. The van der Waals surface area contributed by atoms with Gasteiger partial charge in [0.1, 0.15) is 11.5 Å². The lowest BCUT2D eigenvalue weighted by molar-refractivity contribution is -0.121. The van der Waals surface area contributed by atoms with Crippen molar-refractivity contribution in [3.63, 3.8) is 0 Å². The molecule has 0 unspecified atom stereocenters. The molecule has 0 radical (unpaired) electrons. The van der Waals surface area contributed by atoms with Crippen molar-refractivity contribution >= 4 is 23.0 Å². The molecular formula is C32H29N3O3. The van der Waals surface area contributed by atoms with E-state index in [-0.39, 0.29) is 12.3 Å². The van der Waals surface area contributed by atoms with Crippen molar-refractivity contribution in [2.75, 3.05) is 14.2 Å². The van der Waals surface area contributed by atoms with Crippen molar-refractivity contribution in [1.29, 1.82) is 0 Å². The zero-order chi connectivity index (χ0) is 26.3. The molecular weight excluding hydrogens is 474 g/mol. The third kappa shape index (κ3) is 5.15. The molecule has 1 amide bonds. The van der Waals surface area contributed by atoms with Gasteiger partial charge in [-0.25, -0.2) is 5.43 Å². The van der Waals surface area contributed by atoms with Crippen LogP contribution in [-0.2, 0) is 11.3 Å². The molecule has 5 rings (SSSR count). The molecule has 0 spiro atoms. The third-order valence-electron chi connectivity index (χ3n) is 6.47. The summed E-state index contributed by atoms with van der Waals surface area (Å²) in [6.45, 7) is 0.501. The van der Waals surface area contributed by atoms with Crippen LogP contribution in [0.5, 0.6) is 11.5 Å². The van der Waals surface area contributed by atoms with Crippen LogP contribution in [0.3, 0.4) is 0 Å². The number of aromatic nitrogens is 1. The summed E-state index contributed by atoms with van der Waals surface area (Å²) in [7, 11) is 3.19.